The molecule has 180 valence electrons. The molecular weight excluding hydrogens is 564 g/mol. The van der Waals surface area contributed by atoms with Crippen LogP contribution in [0.4, 0.5) is 0 Å². The molecule has 0 unspecified atom stereocenters. The van der Waals surface area contributed by atoms with Gasteiger partial charge in [-0.05, 0) is 68.0 Å². The number of furan rings is 1. The van der Waals surface area contributed by atoms with Gasteiger partial charge in [0.2, 0.25) is 0 Å². The van der Waals surface area contributed by atoms with Crippen molar-refractivity contribution in [3.05, 3.63) is 21.0 Å². The maximum Gasteiger partial charge on any atom is 0.310 e. The summed E-state index contributed by atoms with van der Waals surface area (Å²) in [6.07, 6.45) is -0.287. The summed E-state index contributed by atoms with van der Waals surface area (Å²) in [4.78, 5) is 51.6. The van der Waals surface area contributed by atoms with E-state index in [0.29, 0.717) is 34.2 Å². The van der Waals surface area contributed by atoms with Crippen molar-refractivity contribution in [2.45, 2.75) is 58.7 Å². The number of carbonyl (C=O) groups excluding carboxylic acids is 4. The summed E-state index contributed by atoms with van der Waals surface area (Å²) in [6.45, 7) is 5.07. The Morgan fingerprint density at radius 3 is 2.45 bits per heavy atom. The van der Waals surface area contributed by atoms with Gasteiger partial charge in [0.1, 0.15) is 6.10 Å². The summed E-state index contributed by atoms with van der Waals surface area (Å²) >= 11 is 6.66. The number of fused-ring (bicyclic) bond motifs is 3. The lowest BCUT2D eigenvalue weighted by molar-refractivity contribution is -0.210. The molecule has 1 saturated heterocycles. The first-order valence-corrected chi connectivity index (χ1v) is 12.4. The molecular formula is C23H26Br2O8. The molecule has 3 aliphatic rings. The number of carbonyl (C=O) groups is 4. The number of esters is 3. The molecule has 0 radical (unpaired) electrons. The molecule has 1 aromatic heterocycles. The molecule has 0 amide bonds. The van der Waals surface area contributed by atoms with Crippen molar-refractivity contribution in [1.82, 2.24) is 0 Å². The van der Waals surface area contributed by atoms with Crippen molar-refractivity contribution in [2.75, 3.05) is 7.11 Å². The molecule has 7 atom stereocenters. The summed E-state index contributed by atoms with van der Waals surface area (Å²) in [5.74, 6) is -3.51. The second kappa shape index (κ2) is 8.52. The van der Waals surface area contributed by atoms with Gasteiger partial charge >= 0.3 is 17.9 Å². The van der Waals surface area contributed by atoms with Gasteiger partial charge in [-0.15, -0.1) is 0 Å². The molecule has 0 bridgehead atoms. The van der Waals surface area contributed by atoms with Crippen molar-refractivity contribution in [2.24, 2.45) is 28.6 Å². The fraction of sp³-hybridized carbons (Fsp3) is 0.652. The SMILES string of the molecule is COC(=O)[C@@H]1C[C@H](OC(C)=O)C(=O)[C@H]2[C@@]1(C)CC[C@H]1C(=O)O[C@@H](c3cc(Br)oc3Br)C[C@]21C. The van der Waals surface area contributed by atoms with E-state index in [1.54, 1.807) is 6.07 Å². The van der Waals surface area contributed by atoms with E-state index in [1.165, 1.54) is 14.0 Å². The van der Waals surface area contributed by atoms with E-state index in [-0.39, 0.29) is 18.2 Å². The summed E-state index contributed by atoms with van der Waals surface area (Å²) in [5, 5.41) is 0. The topological polar surface area (TPSA) is 109 Å². The standard InChI is InChI=1S/C23H26Br2O8/c1-10(26)31-14-8-13(20(28)30-4)22(2)6-5-12-21(29)32-15(11-7-16(24)33-19(11)25)9-23(12,3)18(22)17(14)27/h7,12-15,18H,5-6,8-9H2,1-4H3/t12-,13-,14-,15+,18-,22-,23-/m0/s1. The molecule has 3 fully saturated rings. The van der Waals surface area contributed by atoms with Crippen molar-refractivity contribution >= 4 is 55.6 Å². The summed E-state index contributed by atoms with van der Waals surface area (Å²) < 4.78 is 22.7. The van der Waals surface area contributed by atoms with Gasteiger partial charge in [0.15, 0.2) is 21.2 Å². The van der Waals surface area contributed by atoms with Gasteiger partial charge in [0.25, 0.3) is 0 Å². The van der Waals surface area contributed by atoms with E-state index in [9.17, 15) is 19.2 Å². The number of rotatable bonds is 3. The summed E-state index contributed by atoms with van der Waals surface area (Å²) in [6, 6.07) is 1.73. The zero-order chi connectivity index (χ0) is 24.3. The van der Waals surface area contributed by atoms with Gasteiger partial charge < -0.3 is 18.6 Å². The number of methoxy groups -OCH3 is 1. The van der Waals surface area contributed by atoms with E-state index >= 15 is 0 Å². The zero-order valence-corrected chi connectivity index (χ0v) is 22.0. The Bertz CT molecular complexity index is 1020. The Labute approximate surface area is 208 Å². The van der Waals surface area contributed by atoms with Gasteiger partial charge in [0, 0.05) is 24.8 Å². The fourth-order valence-corrected chi connectivity index (χ4v) is 7.74. The minimum atomic E-state index is -1.06. The zero-order valence-electron chi connectivity index (χ0n) is 18.8. The van der Waals surface area contributed by atoms with Crippen LogP contribution in [-0.2, 0) is 33.4 Å². The van der Waals surface area contributed by atoms with Crippen LogP contribution in [0.3, 0.4) is 0 Å². The smallest absolute Gasteiger partial charge is 0.310 e. The quantitative estimate of drug-likeness (QED) is 0.374. The van der Waals surface area contributed by atoms with Crippen LogP contribution in [0.2, 0.25) is 0 Å². The van der Waals surface area contributed by atoms with Crippen molar-refractivity contribution in [3.8, 4) is 0 Å². The number of Topliss-reactive ketones (excluding diaryl/α,β-unsaturated/α-hetero) is 1. The van der Waals surface area contributed by atoms with E-state index in [4.69, 9.17) is 18.6 Å². The lowest BCUT2D eigenvalue weighted by Crippen LogP contribution is -2.64. The average Bonchev–Trinajstić information content (AvgIpc) is 3.06. The Hall–Kier alpha value is -1.68. The number of ketones is 1. The average molecular weight is 590 g/mol. The lowest BCUT2D eigenvalue weighted by Gasteiger charge is -2.61. The first kappa shape index (κ1) is 24.4. The third-order valence-electron chi connectivity index (χ3n) is 7.93. The largest absolute Gasteiger partial charge is 0.469 e. The van der Waals surface area contributed by atoms with Gasteiger partial charge in [-0.1, -0.05) is 13.8 Å². The molecule has 2 heterocycles. The minimum Gasteiger partial charge on any atom is -0.469 e. The lowest BCUT2D eigenvalue weighted by atomic mass is 9.43. The van der Waals surface area contributed by atoms with Gasteiger partial charge in [-0.25, -0.2) is 0 Å². The maximum atomic E-state index is 13.8. The number of halogens is 2. The van der Waals surface area contributed by atoms with Gasteiger partial charge in [-0.3, -0.25) is 19.2 Å². The molecule has 1 aromatic rings. The van der Waals surface area contributed by atoms with Crippen LogP contribution in [0.25, 0.3) is 0 Å². The number of cyclic esters (lactones) is 1. The predicted octanol–water partition coefficient (Wildman–Crippen LogP) is 4.53. The van der Waals surface area contributed by atoms with E-state index in [1.807, 2.05) is 13.8 Å². The highest BCUT2D eigenvalue weighted by Gasteiger charge is 2.67. The monoisotopic (exact) mass is 588 g/mol. The molecule has 4 rings (SSSR count). The molecule has 0 spiro atoms. The molecule has 1 aliphatic heterocycles. The van der Waals surface area contributed by atoms with Gasteiger partial charge in [-0.2, -0.15) is 0 Å². The van der Waals surface area contributed by atoms with E-state index < -0.39 is 52.7 Å². The van der Waals surface area contributed by atoms with Crippen LogP contribution in [0.1, 0.15) is 58.1 Å². The first-order chi connectivity index (χ1) is 15.4. The molecule has 0 aromatic carbocycles. The highest BCUT2D eigenvalue weighted by molar-refractivity contribution is 9.11. The maximum absolute atomic E-state index is 13.8. The predicted molar refractivity (Wildman–Crippen MR) is 121 cm³/mol. The normalized spacial score (nSPS) is 38.1. The third kappa shape index (κ3) is 3.87. The summed E-state index contributed by atoms with van der Waals surface area (Å²) in [5.41, 5.74) is -0.910. The Balaban J connectivity index is 1.80. The third-order valence-corrected chi connectivity index (χ3v) is 8.94. The molecule has 0 N–H and O–H groups in total. The Morgan fingerprint density at radius 2 is 1.88 bits per heavy atom. The van der Waals surface area contributed by atoms with Crippen molar-refractivity contribution in [1.29, 1.82) is 0 Å². The second-order valence-electron chi connectivity index (χ2n) is 9.76. The van der Waals surface area contributed by atoms with Crippen LogP contribution in [0.15, 0.2) is 19.8 Å². The second-order valence-corrected chi connectivity index (χ2v) is 11.3. The van der Waals surface area contributed by atoms with Crippen LogP contribution in [-0.4, -0.2) is 36.9 Å². The Morgan fingerprint density at radius 1 is 1.18 bits per heavy atom. The van der Waals surface area contributed by atoms with Crippen LogP contribution in [0, 0.1) is 28.6 Å². The molecule has 2 saturated carbocycles. The van der Waals surface area contributed by atoms with Crippen LogP contribution < -0.4 is 0 Å². The van der Waals surface area contributed by atoms with Crippen LogP contribution >= 0.6 is 31.9 Å². The minimum absolute atomic E-state index is 0.0763. The number of hydrogen-bond donors (Lipinski definition) is 0. The number of ether oxygens (including phenoxy) is 3. The highest BCUT2D eigenvalue weighted by Crippen LogP contribution is 2.65. The van der Waals surface area contributed by atoms with Crippen molar-refractivity contribution in [3.63, 3.8) is 0 Å². The highest BCUT2D eigenvalue weighted by atomic mass is 79.9. The van der Waals surface area contributed by atoms with Crippen LogP contribution in [0.5, 0.6) is 0 Å². The van der Waals surface area contributed by atoms with E-state index in [2.05, 4.69) is 31.9 Å². The van der Waals surface area contributed by atoms with E-state index in [0.717, 1.165) is 0 Å². The van der Waals surface area contributed by atoms with Crippen molar-refractivity contribution < 1.29 is 37.8 Å². The molecule has 33 heavy (non-hydrogen) atoms. The molecule has 2 aliphatic carbocycles. The first-order valence-electron chi connectivity index (χ1n) is 10.9. The fourth-order valence-electron chi connectivity index (χ4n) is 6.57. The summed E-state index contributed by atoms with van der Waals surface area (Å²) in [7, 11) is 1.31. The molecule has 8 nitrogen and oxygen atoms in total. The molecule has 10 heteroatoms. The number of hydrogen-bond acceptors (Lipinski definition) is 8. The Kier molecular flexibility index (Phi) is 6.31. The van der Waals surface area contributed by atoms with Gasteiger partial charge in [0.05, 0.1) is 18.9 Å².